The lowest BCUT2D eigenvalue weighted by molar-refractivity contribution is -0.132. The Kier molecular flexibility index (Phi) is 6.00. The van der Waals surface area contributed by atoms with Crippen molar-refractivity contribution in [3.63, 3.8) is 0 Å². The molecule has 0 spiro atoms. The lowest BCUT2D eigenvalue weighted by Gasteiger charge is -2.26. The van der Waals surface area contributed by atoms with Gasteiger partial charge >= 0.3 is 0 Å². The lowest BCUT2D eigenvalue weighted by atomic mass is 9.94. The van der Waals surface area contributed by atoms with Crippen LogP contribution in [0.2, 0.25) is 5.02 Å². The number of ketones is 1. The average Bonchev–Trinajstić information content (AvgIpc) is 3.07. The quantitative estimate of drug-likeness (QED) is 0.298. The Morgan fingerprint density at radius 2 is 1.58 bits per heavy atom. The third kappa shape index (κ3) is 4.00. The first-order chi connectivity index (χ1) is 15.7. The number of ether oxygens (including phenoxy) is 1. The fourth-order valence-corrected chi connectivity index (χ4v) is 4.15. The molecule has 0 bridgehead atoms. The predicted molar refractivity (Wildman–Crippen MR) is 130 cm³/mol. The van der Waals surface area contributed by atoms with E-state index in [1.54, 1.807) is 55.6 Å². The first-order valence-corrected chi connectivity index (χ1v) is 10.9. The summed E-state index contributed by atoms with van der Waals surface area (Å²) >= 11 is 6.34. The van der Waals surface area contributed by atoms with Crippen LogP contribution in [0.4, 0.5) is 5.69 Å². The molecule has 3 aromatic rings. The van der Waals surface area contributed by atoms with Gasteiger partial charge in [0.2, 0.25) is 0 Å². The van der Waals surface area contributed by atoms with Gasteiger partial charge in [-0.25, -0.2) is 0 Å². The van der Waals surface area contributed by atoms with Gasteiger partial charge in [0, 0.05) is 16.3 Å². The SMILES string of the molecule is COc1ccc(C2/C(=C(\O)c3ccc(C)c(C)c3)C(=O)C(=O)N2c2ccc(C)c(Cl)c2)cc1. The van der Waals surface area contributed by atoms with Gasteiger partial charge in [-0.05, 0) is 73.4 Å². The van der Waals surface area contributed by atoms with Crippen molar-refractivity contribution in [1.29, 1.82) is 0 Å². The van der Waals surface area contributed by atoms with Crippen LogP contribution in [0.5, 0.6) is 5.75 Å². The molecule has 1 fully saturated rings. The molecule has 1 aliphatic rings. The zero-order valence-electron chi connectivity index (χ0n) is 18.8. The summed E-state index contributed by atoms with van der Waals surface area (Å²) in [6.07, 6.45) is 0. The van der Waals surface area contributed by atoms with E-state index in [-0.39, 0.29) is 11.3 Å². The maximum atomic E-state index is 13.2. The number of aliphatic hydroxyl groups excluding tert-OH is 1. The molecule has 168 valence electrons. The van der Waals surface area contributed by atoms with Crippen molar-refractivity contribution in [1.82, 2.24) is 0 Å². The third-order valence-electron chi connectivity index (χ3n) is 6.09. The van der Waals surface area contributed by atoms with Crippen molar-refractivity contribution in [2.45, 2.75) is 26.8 Å². The summed E-state index contributed by atoms with van der Waals surface area (Å²) in [6, 6.07) is 16.9. The van der Waals surface area contributed by atoms with Gasteiger partial charge in [-0.3, -0.25) is 14.5 Å². The average molecular weight is 462 g/mol. The van der Waals surface area contributed by atoms with E-state index < -0.39 is 17.7 Å². The Morgan fingerprint density at radius 1 is 0.909 bits per heavy atom. The maximum Gasteiger partial charge on any atom is 0.300 e. The maximum absolute atomic E-state index is 13.2. The Balaban J connectivity index is 1.95. The molecule has 0 aliphatic carbocycles. The van der Waals surface area contributed by atoms with Crippen molar-refractivity contribution in [3.05, 3.63) is 99.1 Å². The van der Waals surface area contributed by atoms with Crippen LogP contribution in [-0.2, 0) is 9.59 Å². The van der Waals surface area contributed by atoms with Crippen molar-refractivity contribution in [2.24, 2.45) is 0 Å². The van der Waals surface area contributed by atoms with Crippen LogP contribution in [0.3, 0.4) is 0 Å². The summed E-state index contributed by atoms with van der Waals surface area (Å²) in [7, 11) is 1.56. The normalized spacial score (nSPS) is 17.5. The lowest BCUT2D eigenvalue weighted by Crippen LogP contribution is -2.29. The standard InChI is InChI=1S/C27H24ClNO4/c1-15-5-7-19(13-17(15)3)25(30)23-24(18-8-11-21(33-4)12-9-18)29(27(32)26(23)31)20-10-6-16(2)22(28)14-20/h5-14,24,30H,1-4H3/b25-23+. The Hall–Kier alpha value is -3.57. The van der Waals surface area contributed by atoms with Crippen LogP contribution in [-0.4, -0.2) is 23.9 Å². The van der Waals surface area contributed by atoms with E-state index in [0.29, 0.717) is 27.6 Å². The van der Waals surface area contributed by atoms with E-state index in [1.807, 2.05) is 32.9 Å². The number of rotatable bonds is 4. The minimum Gasteiger partial charge on any atom is -0.507 e. The van der Waals surface area contributed by atoms with Crippen LogP contribution in [0.1, 0.15) is 33.9 Å². The number of methoxy groups -OCH3 is 1. The van der Waals surface area contributed by atoms with Crippen LogP contribution in [0, 0.1) is 20.8 Å². The summed E-state index contributed by atoms with van der Waals surface area (Å²) in [5.74, 6) is -1.04. The molecule has 0 saturated carbocycles. The van der Waals surface area contributed by atoms with Gasteiger partial charge in [-0.15, -0.1) is 0 Å². The molecule has 4 rings (SSSR count). The highest BCUT2D eigenvalue weighted by atomic mass is 35.5. The molecule has 33 heavy (non-hydrogen) atoms. The number of aliphatic hydroxyl groups is 1. The Morgan fingerprint density at radius 3 is 2.18 bits per heavy atom. The summed E-state index contributed by atoms with van der Waals surface area (Å²) in [5.41, 5.74) is 4.55. The zero-order chi connectivity index (χ0) is 23.9. The molecule has 6 heteroatoms. The molecule has 1 amide bonds. The number of Topliss-reactive ketones (excluding diaryl/α,β-unsaturated/α-hetero) is 1. The van der Waals surface area contributed by atoms with Gasteiger partial charge in [-0.1, -0.05) is 41.9 Å². The Labute approximate surface area is 197 Å². The zero-order valence-corrected chi connectivity index (χ0v) is 19.6. The number of benzene rings is 3. The molecular formula is C27H24ClNO4. The topological polar surface area (TPSA) is 66.8 Å². The van der Waals surface area contributed by atoms with Crippen molar-refractivity contribution in [3.8, 4) is 5.75 Å². The van der Waals surface area contributed by atoms with Gasteiger partial charge < -0.3 is 9.84 Å². The number of amides is 1. The highest BCUT2D eigenvalue weighted by Gasteiger charge is 2.47. The van der Waals surface area contributed by atoms with Crippen molar-refractivity contribution in [2.75, 3.05) is 12.0 Å². The highest BCUT2D eigenvalue weighted by Crippen LogP contribution is 2.43. The number of hydrogen-bond donors (Lipinski definition) is 1. The number of anilines is 1. The van der Waals surface area contributed by atoms with E-state index in [2.05, 4.69) is 0 Å². The molecule has 0 aromatic heterocycles. The molecule has 5 nitrogen and oxygen atoms in total. The van der Waals surface area contributed by atoms with Crippen LogP contribution < -0.4 is 9.64 Å². The van der Waals surface area contributed by atoms with Crippen molar-refractivity contribution < 1.29 is 19.4 Å². The van der Waals surface area contributed by atoms with Gasteiger partial charge in [0.05, 0.1) is 18.7 Å². The van der Waals surface area contributed by atoms with Gasteiger partial charge in [0.15, 0.2) is 0 Å². The molecule has 1 saturated heterocycles. The first kappa shape index (κ1) is 22.6. The minimum absolute atomic E-state index is 0.0325. The largest absolute Gasteiger partial charge is 0.507 e. The van der Waals surface area contributed by atoms with Crippen molar-refractivity contribution >= 4 is 34.7 Å². The third-order valence-corrected chi connectivity index (χ3v) is 6.50. The number of nitrogens with zero attached hydrogens (tertiary/aromatic N) is 1. The van der Waals surface area contributed by atoms with E-state index in [9.17, 15) is 14.7 Å². The second-order valence-electron chi connectivity index (χ2n) is 8.17. The summed E-state index contributed by atoms with van der Waals surface area (Å²) in [6.45, 7) is 5.76. The molecule has 0 radical (unpaired) electrons. The summed E-state index contributed by atoms with van der Waals surface area (Å²) in [4.78, 5) is 27.9. The molecule has 1 atom stereocenters. The van der Waals surface area contributed by atoms with E-state index in [1.165, 1.54) is 4.90 Å². The fraction of sp³-hybridized carbons (Fsp3) is 0.185. The molecule has 1 aliphatic heterocycles. The van der Waals surface area contributed by atoms with Crippen LogP contribution in [0.25, 0.3) is 5.76 Å². The van der Waals surface area contributed by atoms with E-state index in [4.69, 9.17) is 16.3 Å². The van der Waals surface area contributed by atoms with Gasteiger partial charge in [-0.2, -0.15) is 0 Å². The number of halogens is 1. The minimum atomic E-state index is -0.823. The second-order valence-corrected chi connectivity index (χ2v) is 8.58. The monoisotopic (exact) mass is 461 g/mol. The number of carbonyl (C=O) groups is 2. The number of carbonyl (C=O) groups excluding carboxylic acids is 2. The smallest absolute Gasteiger partial charge is 0.300 e. The van der Waals surface area contributed by atoms with Gasteiger partial charge in [0.1, 0.15) is 11.5 Å². The van der Waals surface area contributed by atoms with Gasteiger partial charge in [0.25, 0.3) is 11.7 Å². The second kappa shape index (κ2) is 8.75. The summed E-state index contributed by atoms with van der Waals surface area (Å²) in [5, 5.41) is 11.7. The summed E-state index contributed by atoms with van der Waals surface area (Å²) < 4.78 is 5.26. The first-order valence-electron chi connectivity index (χ1n) is 10.5. The highest BCUT2D eigenvalue weighted by molar-refractivity contribution is 6.51. The molecule has 3 aromatic carbocycles. The molecule has 1 N–H and O–H groups in total. The Bertz CT molecular complexity index is 1290. The molecular weight excluding hydrogens is 438 g/mol. The molecule has 1 heterocycles. The predicted octanol–water partition coefficient (Wildman–Crippen LogP) is 5.90. The number of hydrogen-bond acceptors (Lipinski definition) is 4. The molecule has 1 unspecified atom stereocenters. The fourth-order valence-electron chi connectivity index (χ4n) is 3.98. The van der Waals surface area contributed by atoms with Crippen LogP contribution >= 0.6 is 11.6 Å². The van der Waals surface area contributed by atoms with Crippen LogP contribution in [0.15, 0.2) is 66.2 Å². The number of aryl methyl sites for hydroxylation is 3. The van der Waals surface area contributed by atoms with E-state index in [0.717, 1.165) is 16.7 Å². The van der Waals surface area contributed by atoms with E-state index >= 15 is 0 Å².